The van der Waals surface area contributed by atoms with Crippen molar-refractivity contribution in [3.05, 3.63) is 0 Å². The number of ether oxygens (including phenoxy) is 1. The third-order valence-corrected chi connectivity index (χ3v) is 0.940. The number of nitrogens with zero attached hydrogens (tertiary/aromatic N) is 1. The minimum absolute atomic E-state index is 0.608. The average Bonchev–Trinajstić information content (AvgIpc) is 2.34. The number of hydrogen-bond donors (Lipinski definition) is 2. The van der Waals surface area contributed by atoms with Crippen LogP contribution >= 0.6 is 0 Å². The molecule has 0 aromatic rings. The number of nitrogens with one attached hydrogen (secondary N) is 2. The summed E-state index contributed by atoms with van der Waals surface area (Å²) in [4.78, 5) is 3.95. The Labute approximate surface area is 54.3 Å². The quantitative estimate of drug-likeness (QED) is 0.544. The molecule has 0 aliphatic carbocycles. The normalized spacial score (nSPS) is 16.8. The van der Waals surface area contributed by atoms with Crippen molar-refractivity contribution >= 4 is 6.02 Å². The van der Waals surface area contributed by atoms with Crippen molar-refractivity contribution in [1.29, 1.82) is 0 Å². The van der Waals surface area contributed by atoms with Gasteiger partial charge in [0.25, 0.3) is 0 Å². The van der Waals surface area contributed by atoms with Gasteiger partial charge in [0.2, 0.25) is 0 Å². The second-order valence-electron chi connectivity index (χ2n) is 1.77. The van der Waals surface area contributed by atoms with E-state index in [0.29, 0.717) is 12.7 Å². The molecule has 0 saturated heterocycles. The van der Waals surface area contributed by atoms with Crippen molar-refractivity contribution in [3.63, 3.8) is 0 Å². The van der Waals surface area contributed by atoms with Crippen LogP contribution < -0.4 is 10.9 Å². The summed E-state index contributed by atoms with van der Waals surface area (Å²) in [5.41, 5.74) is 5.57. The second-order valence-corrected chi connectivity index (χ2v) is 1.77. The van der Waals surface area contributed by atoms with E-state index in [4.69, 9.17) is 4.74 Å². The predicted octanol–water partition coefficient (Wildman–Crippen LogP) is -0.166. The molecule has 0 aromatic carbocycles. The minimum atomic E-state index is 0.608. The summed E-state index contributed by atoms with van der Waals surface area (Å²) in [6.07, 6.45) is 1.01. The maximum Gasteiger partial charge on any atom is 0.300 e. The molecule has 1 aliphatic rings. The van der Waals surface area contributed by atoms with Gasteiger partial charge in [0.1, 0.15) is 6.67 Å². The molecule has 52 valence electrons. The van der Waals surface area contributed by atoms with Crippen molar-refractivity contribution in [1.82, 2.24) is 10.9 Å². The van der Waals surface area contributed by atoms with Gasteiger partial charge >= 0.3 is 6.02 Å². The molecule has 9 heavy (non-hydrogen) atoms. The summed E-state index contributed by atoms with van der Waals surface area (Å²) in [6.45, 7) is 3.40. The van der Waals surface area contributed by atoms with Crippen molar-refractivity contribution in [2.24, 2.45) is 4.99 Å². The number of hydrogen-bond acceptors (Lipinski definition) is 4. The van der Waals surface area contributed by atoms with Gasteiger partial charge in [-0.25, -0.2) is 10.4 Å². The molecule has 0 bridgehead atoms. The molecule has 0 atom stereocenters. The summed E-state index contributed by atoms with van der Waals surface area (Å²) in [7, 11) is 0. The van der Waals surface area contributed by atoms with Crippen LogP contribution in [-0.2, 0) is 4.74 Å². The standard InChI is InChI=1S/C5H11N3O/c1-2-3-9-5-6-4-7-8-5/h7H,2-4H2,1H3,(H,6,8). The average molecular weight is 129 g/mol. The van der Waals surface area contributed by atoms with Crippen molar-refractivity contribution in [2.45, 2.75) is 13.3 Å². The zero-order valence-electron chi connectivity index (χ0n) is 5.48. The van der Waals surface area contributed by atoms with Crippen LogP contribution in [0.15, 0.2) is 4.99 Å². The number of aliphatic imine (C=N–C) groups is 1. The Morgan fingerprint density at radius 2 is 2.67 bits per heavy atom. The first-order valence-corrected chi connectivity index (χ1v) is 3.09. The fraction of sp³-hybridized carbons (Fsp3) is 0.800. The van der Waals surface area contributed by atoms with Gasteiger partial charge in [0.05, 0.1) is 6.61 Å². The first-order chi connectivity index (χ1) is 4.43. The van der Waals surface area contributed by atoms with E-state index >= 15 is 0 Å². The molecule has 4 nitrogen and oxygen atoms in total. The number of rotatable bonds is 2. The Morgan fingerprint density at radius 3 is 3.22 bits per heavy atom. The van der Waals surface area contributed by atoms with Crippen LogP contribution in [0.3, 0.4) is 0 Å². The highest BCUT2D eigenvalue weighted by Gasteiger charge is 2.02. The summed E-state index contributed by atoms with van der Waals surface area (Å²) in [5, 5.41) is 0. The fourth-order valence-corrected chi connectivity index (χ4v) is 0.546. The first-order valence-electron chi connectivity index (χ1n) is 3.09. The van der Waals surface area contributed by atoms with Gasteiger partial charge in [0, 0.05) is 0 Å². The van der Waals surface area contributed by atoms with E-state index in [2.05, 4.69) is 22.8 Å². The third kappa shape index (κ3) is 1.89. The van der Waals surface area contributed by atoms with Crippen LogP contribution in [0, 0.1) is 0 Å². The van der Waals surface area contributed by atoms with Gasteiger partial charge < -0.3 is 4.74 Å². The lowest BCUT2D eigenvalue weighted by Crippen LogP contribution is -2.31. The van der Waals surface area contributed by atoms with Gasteiger partial charge in [-0.3, -0.25) is 5.43 Å². The van der Waals surface area contributed by atoms with Crippen LogP contribution in [0.5, 0.6) is 0 Å². The molecular formula is C5H11N3O. The molecule has 0 amide bonds. The molecule has 0 saturated carbocycles. The van der Waals surface area contributed by atoms with E-state index in [0.717, 1.165) is 13.0 Å². The van der Waals surface area contributed by atoms with Crippen LogP contribution in [-0.4, -0.2) is 19.3 Å². The van der Waals surface area contributed by atoms with Gasteiger partial charge in [-0.1, -0.05) is 6.92 Å². The maximum absolute atomic E-state index is 5.13. The largest absolute Gasteiger partial charge is 0.464 e. The van der Waals surface area contributed by atoms with Crippen LogP contribution in [0.1, 0.15) is 13.3 Å². The summed E-state index contributed by atoms with van der Waals surface area (Å²) >= 11 is 0. The first kappa shape index (κ1) is 6.35. The lowest BCUT2D eigenvalue weighted by molar-refractivity contribution is 0.291. The van der Waals surface area contributed by atoms with Crippen LogP contribution in [0.25, 0.3) is 0 Å². The van der Waals surface area contributed by atoms with Crippen molar-refractivity contribution in [2.75, 3.05) is 13.3 Å². The number of hydrazine groups is 1. The van der Waals surface area contributed by atoms with E-state index in [-0.39, 0.29) is 0 Å². The van der Waals surface area contributed by atoms with Gasteiger partial charge in [-0.05, 0) is 6.42 Å². The van der Waals surface area contributed by atoms with Gasteiger partial charge in [-0.2, -0.15) is 0 Å². The maximum atomic E-state index is 5.13. The van der Waals surface area contributed by atoms with Crippen LogP contribution in [0.4, 0.5) is 0 Å². The second kappa shape index (κ2) is 3.29. The minimum Gasteiger partial charge on any atom is -0.464 e. The van der Waals surface area contributed by atoms with E-state index in [1.807, 2.05) is 0 Å². The van der Waals surface area contributed by atoms with Crippen molar-refractivity contribution in [3.8, 4) is 0 Å². The Bertz CT molecular complexity index is 113. The summed E-state index contributed by atoms with van der Waals surface area (Å²) in [6, 6.07) is 0.608. The van der Waals surface area contributed by atoms with E-state index in [9.17, 15) is 0 Å². The predicted molar refractivity (Wildman–Crippen MR) is 34.8 cm³/mol. The smallest absolute Gasteiger partial charge is 0.300 e. The highest BCUT2D eigenvalue weighted by atomic mass is 16.5. The summed E-state index contributed by atoms with van der Waals surface area (Å²) < 4.78 is 5.13. The monoisotopic (exact) mass is 129 g/mol. The lowest BCUT2D eigenvalue weighted by Gasteiger charge is -2.01. The highest BCUT2D eigenvalue weighted by Crippen LogP contribution is 1.84. The molecule has 0 radical (unpaired) electrons. The molecule has 2 N–H and O–H groups in total. The Kier molecular flexibility index (Phi) is 2.32. The number of amidine groups is 1. The zero-order valence-corrected chi connectivity index (χ0v) is 5.48. The zero-order chi connectivity index (χ0) is 6.53. The summed E-state index contributed by atoms with van der Waals surface area (Å²) in [5.74, 6) is 0. The molecule has 1 rings (SSSR count). The van der Waals surface area contributed by atoms with E-state index < -0.39 is 0 Å². The van der Waals surface area contributed by atoms with Gasteiger partial charge in [-0.15, -0.1) is 0 Å². The molecule has 4 heteroatoms. The molecule has 0 fully saturated rings. The Hall–Kier alpha value is -0.770. The SMILES string of the molecule is CCCOC1=NCNN1. The molecular weight excluding hydrogens is 118 g/mol. The Balaban J connectivity index is 2.11. The molecule has 0 aromatic heterocycles. The topological polar surface area (TPSA) is 45.6 Å². The fourth-order valence-electron chi connectivity index (χ4n) is 0.546. The van der Waals surface area contributed by atoms with Crippen molar-refractivity contribution < 1.29 is 4.74 Å². The molecule has 1 heterocycles. The van der Waals surface area contributed by atoms with Crippen LogP contribution in [0.2, 0.25) is 0 Å². The highest BCUT2D eigenvalue weighted by molar-refractivity contribution is 5.74. The lowest BCUT2D eigenvalue weighted by atomic mass is 10.5. The third-order valence-electron chi connectivity index (χ3n) is 0.940. The van der Waals surface area contributed by atoms with E-state index in [1.165, 1.54) is 0 Å². The van der Waals surface area contributed by atoms with Gasteiger partial charge in [0.15, 0.2) is 0 Å². The molecule has 0 unspecified atom stereocenters. The Morgan fingerprint density at radius 1 is 1.78 bits per heavy atom. The molecule has 1 aliphatic heterocycles. The molecule has 0 spiro atoms. The van der Waals surface area contributed by atoms with E-state index in [1.54, 1.807) is 0 Å².